The second-order valence-electron chi connectivity index (χ2n) is 5.47. The number of halogens is 2. The number of anilines is 2. The first-order valence-electron chi connectivity index (χ1n) is 7.28. The fourth-order valence-electron chi connectivity index (χ4n) is 2.50. The first-order valence-corrected chi connectivity index (χ1v) is 7.28. The van der Waals surface area contributed by atoms with Crippen molar-refractivity contribution in [2.24, 2.45) is 11.8 Å². The summed E-state index contributed by atoms with van der Waals surface area (Å²) in [7, 11) is 0. The molecule has 0 saturated heterocycles. The van der Waals surface area contributed by atoms with Gasteiger partial charge in [0.1, 0.15) is 11.6 Å². The molecule has 0 aliphatic heterocycles. The van der Waals surface area contributed by atoms with Gasteiger partial charge in [-0.1, -0.05) is 36.4 Å². The predicted octanol–water partition coefficient (Wildman–Crippen LogP) is 3.34. The lowest BCUT2D eigenvalue weighted by molar-refractivity contribution is -0.122. The van der Waals surface area contributed by atoms with Crippen molar-refractivity contribution in [3.8, 4) is 0 Å². The molecule has 1 fully saturated rings. The number of hydrogen-bond acceptors (Lipinski definition) is 2. The van der Waals surface area contributed by atoms with Crippen molar-refractivity contribution in [1.82, 2.24) is 0 Å². The molecule has 3 rings (SSSR count). The molecule has 24 heavy (non-hydrogen) atoms. The van der Waals surface area contributed by atoms with Gasteiger partial charge in [-0.25, -0.2) is 8.78 Å². The molecule has 2 aromatic carbocycles. The minimum atomic E-state index is -0.753. The van der Waals surface area contributed by atoms with Crippen LogP contribution in [0.1, 0.15) is 0 Å². The summed E-state index contributed by atoms with van der Waals surface area (Å²) in [5.74, 6) is -3.67. The minimum Gasteiger partial charge on any atom is -0.323 e. The molecule has 0 radical (unpaired) electrons. The van der Waals surface area contributed by atoms with Crippen LogP contribution in [0.5, 0.6) is 0 Å². The highest BCUT2D eigenvalue weighted by molar-refractivity contribution is 6.08. The van der Waals surface area contributed by atoms with Crippen molar-refractivity contribution < 1.29 is 18.4 Å². The third kappa shape index (κ3) is 3.03. The van der Waals surface area contributed by atoms with Gasteiger partial charge in [0.05, 0.1) is 23.2 Å². The van der Waals surface area contributed by atoms with E-state index in [4.69, 9.17) is 0 Å². The van der Waals surface area contributed by atoms with Crippen molar-refractivity contribution in [3.05, 3.63) is 72.3 Å². The topological polar surface area (TPSA) is 58.2 Å². The molecular weight excluding hydrogens is 314 g/mol. The summed E-state index contributed by atoms with van der Waals surface area (Å²) in [6, 6.07) is 11.5. The summed E-state index contributed by atoms with van der Waals surface area (Å²) in [6.07, 6.45) is 0. The van der Waals surface area contributed by atoms with Crippen LogP contribution in [0, 0.1) is 23.5 Å². The molecule has 0 unspecified atom stereocenters. The maximum absolute atomic E-state index is 13.6. The fraction of sp³-hybridized carbons (Fsp3) is 0.111. The molecule has 0 aromatic heterocycles. The van der Waals surface area contributed by atoms with Gasteiger partial charge in [-0.15, -0.1) is 0 Å². The van der Waals surface area contributed by atoms with E-state index in [-0.39, 0.29) is 11.4 Å². The molecule has 0 bridgehead atoms. The number of carbonyl (C=O) groups excluding carboxylic acids is 2. The van der Waals surface area contributed by atoms with Crippen LogP contribution in [0.3, 0.4) is 0 Å². The van der Waals surface area contributed by atoms with Crippen molar-refractivity contribution in [1.29, 1.82) is 0 Å². The third-order valence-corrected chi connectivity index (χ3v) is 3.85. The summed E-state index contributed by atoms with van der Waals surface area (Å²) in [5.41, 5.74) is 0.489. The third-order valence-electron chi connectivity index (χ3n) is 3.85. The molecule has 2 aromatic rings. The van der Waals surface area contributed by atoms with Gasteiger partial charge in [0.15, 0.2) is 0 Å². The van der Waals surface area contributed by atoms with Crippen molar-refractivity contribution >= 4 is 23.2 Å². The molecule has 0 spiro atoms. The summed E-state index contributed by atoms with van der Waals surface area (Å²) >= 11 is 0. The molecule has 2 N–H and O–H groups in total. The lowest BCUT2D eigenvalue weighted by Gasteiger charge is -2.07. The zero-order valence-corrected chi connectivity index (χ0v) is 12.6. The van der Waals surface area contributed by atoms with E-state index in [1.54, 1.807) is 12.1 Å². The van der Waals surface area contributed by atoms with E-state index in [2.05, 4.69) is 17.2 Å². The quantitative estimate of drug-likeness (QED) is 0.846. The van der Waals surface area contributed by atoms with Crippen LogP contribution >= 0.6 is 0 Å². The smallest absolute Gasteiger partial charge is 0.232 e. The number of benzene rings is 2. The zero-order valence-electron chi connectivity index (χ0n) is 12.6. The molecule has 2 atom stereocenters. The average molecular weight is 328 g/mol. The van der Waals surface area contributed by atoms with E-state index in [0.717, 1.165) is 0 Å². The SMILES string of the molecule is C=C1[C@H](C(=O)Nc2ccccc2F)[C@H]1C(=O)Nc1ccccc1F. The highest BCUT2D eigenvalue weighted by Crippen LogP contribution is 2.45. The Hall–Kier alpha value is -3.02. The predicted molar refractivity (Wildman–Crippen MR) is 86.2 cm³/mol. The number of para-hydroxylation sites is 2. The van der Waals surface area contributed by atoms with Crippen LogP contribution < -0.4 is 10.6 Å². The van der Waals surface area contributed by atoms with Gasteiger partial charge < -0.3 is 10.6 Å². The lowest BCUT2D eigenvalue weighted by Crippen LogP contribution is -2.21. The minimum absolute atomic E-state index is 0.0375. The monoisotopic (exact) mass is 328 g/mol. The Kier molecular flexibility index (Phi) is 4.12. The Morgan fingerprint density at radius 2 is 1.17 bits per heavy atom. The molecule has 122 valence electrons. The molecular formula is C18H14F2N2O2. The number of nitrogens with one attached hydrogen (secondary N) is 2. The van der Waals surface area contributed by atoms with Crippen molar-refractivity contribution in [2.75, 3.05) is 10.6 Å². The van der Waals surface area contributed by atoms with Gasteiger partial charge in [-0.3, -0.25) is 9.59 Å². The summed E-state index contributed by atoms with van der Waals surface area (Å²) in [4.78, 5) is 24.4. The maximum Gasteiger partial charge on any atom is 0.232 e. The van der Waals surface area contributed by atoms with E-state index in [0.29, 0.717) is 5.57 Å². The molecule has 4 nitrogen and oxygen atoms in total. The summed E-state index contributed by atoms with van der Waals surface area (Å²) in [6.45, 7) is 3.69. The van der Waals surface area contributed by atoms with Crippen molar-refractivity contribution in [2.45, 2.75) is 0 Å². The summed E-state index contributed by atoms with van der Waals surface area (Å²) < 4.78 is 27.1. The van der Waals surface area contributed by atoms with Gasteiger partial charge in [0.2, 0.25) is 11.8 Å². The van der Waals surface area contributed by atoms with Gasteiger partial charge >= 0.3 is 0 Å². The Labute approximate surface area is 137 Å². The highest BCUT2D eigenvalue weighted by atomic mass is 19.1. The number of carbonyl (C=O) groups is 2. The van der Waals surface area contributed by atoms with Crippen LogP contribution in [-0.4, -0.2) is 11.8 Å². The number of amides is 2. The van der Waals surface area contributed by atoms with Crippen LogP contribution in [0.15, 0.2) is 60.7 Å². The molecule has 2 amide bonds. The zero-order chi connectivity index (χ0) is 17.3. The van der Waals surface area contributed by atoms with Gasteiger partial charge in [-0.2, -0.15) is 0 Å². The molecule has 1 aliphatic rings. The molecule has 0 heterocycles. The molecule has 6 heteroatoms. The Morgan fingerprint density at radius 3 is 1.54 bits per heavy atom. The highest BCUT2D eigenvalue weighted by Gasteiger charge is 2.52. The van der Waals surface area contributed by atoms with Gasteiger partial charge in [0, 0.05) is 0 Å². The standard InChI is InChI=1S/C18H14F2N2O2/c1-10-15(17(23)21-13-8-4-2-6-11(13)19)16(10)18(24)22-14-9-5-3-7-12(14)20/h2-9,15-16H,1H2,(H,21,23)(H,22,24)/t15-,16-/m0/s1. The Balaban J connectivity index is 1.66. The average Bonchev–Trinajstić information content (AvgIpc) is 3.23. The Morgan fingerprint density at radius 1 is 0.792 bits per heavy atom. The maximum atomic E-state index is 13.6. The van der Waals surface area contributed by atoms with Crippen molar-refractivity contribution in [3.63, 3.8) is 0 Å². The van der Waals surface area contributed by atoms with E-state index < -0.39 is 35.3 Å². The van der Waals surface area contributed by atoms with Crippen LogP contribution in [0.4, 0.5) is 20.2 Å². The molecule has 1 aliphatic carbocycles. The number of hydrogen-bond donors (Lipinski definition) is 2. The van der Waals surface area contributed by atoms with Crippen LogP contribution in [-0.2, 0) is 9.59 Å². The van der Waals surface area contributed by atoms with E-state index in [9.17, 15) is 18.4 Å². The second kappa shape index (κ2) is 6.23. The van der Waals surface area contributed by atoms with Gasteiger partial charge in [-0.05, 0) is 24.3 Å². The van der Waals surface area contributed by atoms with Crippen LogP contribution in [0.2, 0.25) is 0 Å². The Bertz CT molecular complexity index is 768. The number of rotatable bonds is 4. The fourth-order valence-corrected chi connectivity index (χ4v) is 2.50. The van der Waals surface area contributed by atoms with Crippen LogP contribution in [0.25, 0.3) is 0 Å². The summed E-state index contributed by atoms with van der Waals surface area (Å²) in [5, 5.41) is 4.87. The van der Waals surface area contributed by atoms with E-state index in [1.807, 2.05) is 0 Å². The van der Waals surface area contributed by atoms with E-state index >= 15 is 0 Å². The largest absolute Gasteiger partial charge is 0.323 e. The van der Waals surface area contributed by atoms with E-state index in [1.165, 1.54) is 36.4 Å². The first kappa shape index (κ1) is 15.9. The first-order chi connectivity index (χ1) is 11.5. The van der Waals surface area contributed by atoms with Gasteiger partial charge in [0.25, 0.3) is 0 Å². The second-order valence-corrected chi connectivity index (χ2v) is 5.47. The molecule has 1 saturated carbocycles. The lowest BCUT2D eigenvalue weighted by atomic mass is 10.2. The normalized spacial score (nSPS) is 18.8.